The number of hydrogen-bond donors (Lipinski definition) is 0. The Balaban J connectivity index is 1.58. The molecule has 4 heteroatoms. The first-order valence-corrected chi connectivity index (χ1v) is 13.7. The molecule has 4 aromatic carbocycles. The van der Waals surface area contributed by atoms with Gasteiger partial charge in [0, 0.05) is 0 Å². The van der Waals surface area contributed by atoms with Gasteiger partial charge < -0.3 is 9.31 Å². The Kier molecular flexibility index (Phi) is 6.92. The summed E-state index contributed by atoms with van der Waals surface area (Å²) in [6, 6.07) is 30.9. The second kappa shape index (κ2) is 9.91. The minimum Gasteiger partial charge on any atom is -0.399 e. The highest BCUT2D eigenvalue weighted by Gasteiger charge is 2.51. The van der Waals surface area contributed by atoms with E-state index in [1.54, 1.807) is 0 Å². The summed E-state index contributed by atoms with van der Waals surface area (Å²) in [7, 11) is -0.368. The predicted molar refractivity (Wildman–Crippen MR) is 164 cm³/mol. The van der Waals surface area contributed by atoms with Gasteiger partial charge in [-0.3, -0.25) is 0 Å². The van der Waals surface area contributed by atoms with E-state index in [4.69, 9.17) is 9.31 Å². The van der Waals surface area contributed by atoms with Crippen molar-refractivity contribution < 1.29 is 9.31 Å². The van der Waals surface area contributed by atoms with Crippen molar-refractivity contribution in [3.63, 3.8) is 0 Å². The van der Waals surface area contributed by atoms with Crippen LogP contribution in [-0.4, -0.2) is 25.0 Å². The van der Waals surface area contributed by atoms with E-state index >= 15 is 0 Å². The van der Waals surface area contributed by atoms with E-state index in [1.165, 1.54) is 49.8 Å². The summed E-state index contributed by atoms with van der Waals surface area (Å²) in [5.74, 6) is 0. The molecule has 0 spiro atoms. The highest BCUT2D eigenvalue weighted by atomic mass is 16.7. The third kappa shape index (κ3) is 4.77. The second-order valence-electron chi connectivity index (χ2n) is 11.9. The number of aryl methyl sites for hydroxylation is 4. The molecule has 1 aliphatic heterocycles. The molecule has 0 N–H and O–H groups in total. The van der Waals surface area contributed by atoms with Crippen molar-refractivity contribution in [1.82, 2.24) is 0 Å². The van der Waals surface area contributed by atoms with E-state index < -0.39 is 0 Å². The molecule has 0 saturated carbocycles. The van der Waals surface area contributed by atoms with Gasteiger partial charge >= 0.3 is 7.12 Å². The van der Waals surface area contributed by atoms with Gasteiger partial charge in [0.15, 0.2) is 0 Å². The molecule has 0 unspecified atom stereocenters. The van der Waals surface area contributed by atoms with E-state index in [-0.39, 0.29) is 25.0 Å². The van der Waals surface area contributed by atoms with Crippen LogP contribution in [0.4, 0.5) is 0 Å². The molecule has 2 nitrogen and oxygen atoms in total. The monoisotopic (exact) mass is 500 g/mol. The van der Waals surface area contributed by atoms with Crippen molar-refractivity contribution in [2.24, 2.45) is 0 Å². The second-order valence-corrected chi connectivity index (χ2v) is 11.9. The lowest BCUT2D eigenvalue weighted by molar-refractivity contribution is 0.00578. The van der Waals surface area contributed by atoms with E-state index in [0.717, 1.165) is 5.46 Å². The maximum Gasteiger partial charge on any atom is 0.494 e. The van der Waals surface area contributed by atoms with E-state index in [1.807, 2.05) is 0 Å². The van der Waals surface area contributed by atoms with Crippen LogP contribution in [-0.2, 0) is 9.31 Å². The summed E-state index contributed by atoms with van der Waals surface area (Å²) >= 11 is 0. The molecule has 0 aliphatic carbocycles. The Hall–Kier alpha value is -3.07. The molecule has 0 amide bonds. The van der Waals surface area contributed by atoms with Crippen LogP contribution in [0.3, 0.4) is 0 Å². The van der Waals surface area contributed by atoms with Crippen molar-refractivity contribution >= 4 is 35.7 Å². The van der Waals surface area contributed by atoms with Gasteiger partial charge in [0.1, 0.15) is 0 Å². The Labute approximate surface area is 229 Å². The normalized spacial score (nSPS) is 16.1. The predicted octanol–water partition coefficient (Wildman–Crippen LogP) is 5.40. The Morgan fingerprint density at radius 1 is 0.553 bits per heavy atom. The van der Waals surface area contributed by atoms with Gasteiger partial charge in [-0.15, -0.1) is 0 Å². The molecule has 192 valence electrons. The standard InChI is InChI=1S/C34H38B2O2/c1-23-14-9-11-18-30(23)35(31-19-12-10-15-24(31)2)32-25(3)20-28(21-26(32)4)27-16-13-17-29(22-27)36-37-33(5,6)34(7,8)38-36/h9-22H,1-8H3. The molecule has 0 atom stereocenters. The first-order chi connectivity index (χ1) is 18.0. The fourth-order valence-electron chi connectivity index (χ4n) is 5.74. The van der Waals surface area contributed by atoms with Crippen molar-refractivity contribution in [2.45, 2.75) is 66.6 Å². The van der Waals surface area contributed by atoms with Crippen LogP contribution in [0.5, 0.6) is 0 Å². The zero-order chi connectivity index (χ0) is 27.2. The SMILES string of the molecule is Cc1ccccc1B(c1ccccc1C)c1c(C)cc(-c2cccc(B3OC(C)(C)C(C)(C)O3)c2)cc1C. The average Bonchev–Trinajstić information content (AvgIpc) is 3.09. The molecule has 5 rings (SSSR count). The summed E-state index contributed by atoms with van der Waals surface area (Å²) < 4.78 is 12.7. The maximum absolute atomic E-state index is 6.34. The van der Waals surface area contributed by atoms with Crippen molar-refractivity contribution in [3.05, 3.63) is 107 Å². The Morgan fingerprint density at radius 2 is 1.05 bits per heavy atom. The van der Waals surface area contributed by atoms with Gasteiger partial charge in [0.25, 0.3) is 0 Å². The van der Waals surface area contributed by atoms with Crippen molar-refractivity contribution in [2.75, 3.05) is 0 Å². The first-order valence-electron chi connectivity index (χ1n) is 13.7. The summed E-state index contributed by atoms with van der Waals surface area (Å²) in [4.78, 5) is 0. The Morgan fingerprint density at radius 3 is 1.55 bits per heavy atom. The van der Waals surface area contributed by atoms with Crippen LogP contribution in [0.2, 0.25) is 0 Å². The van der Waals surface area contributed by atoms with Crippen LogP contribution in [0, 0.1) is 27.7 Å². The summed E-state index contributed by atoms with van der Waals surface area (Å²) in [5.41, 5.74) is 12.1. The smallest absolute Gasteiger partial charge is 0.399 e. The number of hydrogen-bond acceptors (Lipinski definition) is 2. The first kappa shape index (κ1) is 26.5. The number of rotatable bonds is 5. The molecular weight excluding hydrogens is 462 g/mol. The molecule has 0 aromatic heterocycles. The zero-order valence-electron chi connectivity index (χ0n) is 24.1. The molecule has 4 aromatic rings. The number of benzene rings is 4. The van der Waals surface area contributed by atoms with Crippen LogP contribution in [0.15, 0.2) is 84.9 Å². The largest absolute Gasteiger partial charge is 0.494 e. The molecule has 0 radical (unpaired) electrons. The van der Waals surface area contributed by atoms with Gasteiger partial charge in [0.2, 0.25) is 6.71 Å². The molecular formula is C34H38B2O2. The summed E-state index contributed by atoms with van der Waals surface area (Å²) in [6.45, 7) is 17.5. The third-order valence-corrected chi connectivity index (χ3v) is 8.63. The summed E-state index contributed by atoms with van der Waals surface area (Å²) in [6.07, 6.45) is 0. The zero-order valence-corrected chi connectivity index (χ0v) is 24.1. The lowest BCUT2D eigenvalue weighted by atomic mass is 9.34. The van der Waals surface area contributed by atoms with Crippen LogP contribution in [0.25, 0.3) is 11.1 Å². The van der Waals surface area contributed by atoms with Gasteiger partial charge in [-0.1, -0.05) is 124 Å². The molecule has 1 fully saturated rings. The molecule has 1 aliphatic rings. The minimum absolute atomic E-state index is 0.183. The third-order valence-electron chi connectivity index (χ3n) is 8.63. The van der Waals surface area contributed by atoms with E-state index in [0.29, 0.717) is 0 Å². The molecule has 0 bridgehead atoms. The highest BCUT2D eigenvalue weighted by molar-refractivity contribution is 6.96. The van der Waals surface area contributed by atoms with Crippen molar-refractivity contribution in [3.8, 4) is 11.1 Å². The maximum atomic E-state index is 6.34. The summed E-state index contributed by atoms with van der Waals surface area (Å²) in [5, 5.41) is 0. The van der Waals surface area contributed by atoms with Crippen molar-refractivity contribution in [1.29, 1.82) is 0 Å². The van der Waals surface area contributed by atoms with Gasteiger partial charge in [-0.25, -0.2) is 0 Å². The van der Waals surface area contributed by atoms with Gasteiger partial charge in [0.05, 0.1) is 11.2 Å². The fourth-order valence-corrected chi connectivity index (χ4v) is 5.74. The minimum atomic E-state index is -0.368. The topological polar surface area (TPSA) is 18.5 Å². The molecule has 38 heavy (non-hydrogen) atoms. The molecule has 1 saturated heterocycles. The lowest BCUT2D eigenvalue weighted by Gasteiger charge is -2.32. The van der Waals surface area contributed by atoms with E-state index in [9.17, 15) is 0 Å². The lowest BCUT2D eigenvalue weighted by Crippen LogP contribution is -2.55. The van der Waals surface area contributed by atoms with Gasteiger partial charge in [-0.2, -0.15) is 0 Å². The molecule has 1 heterocycles. The van der Waals surface area contributed by atoms with Crippen LogP contribution < -0.4 is 21.9 Å². The van der Waals surface area contributed by atoms with Crippen LogP contribution in [0.1, 0.15) is 49.9 Å². The van der Waals surface area contributed by atoms with Gasteiger partial charge in [-0.05, 0) is 72.0 Å². The Bertz CT molecular complexity index is 1400. The highest BCUT2D eigenvalue weighted by Crippen LogP contribution is 2.36. The quantitative estimate of drug-likeness (QED) is 0.342. The van der Waals surface area contributed by atoms with Crippen LogP contribution >= 0.6 is 0 Å². The fraction of sp³-hybridized carbons (Fsp3) is 0.294. The van der Waals surface area contributed by atoms with E-state index in [2.05, 4.69) is 140 Å². The average molecular weight is 500 g/mol.